The van der Waals surface area contributed by atoms with E-state index < -0.39 is 58.0 Å². The molecule has 10 heteroatoms. The SMILES string of the molecule is CCN(Cc1cccc(-c2ccc(O)c3c2C[C@H]2C[C@H]4[C@H](N(C)C)C(=O)C(C(N)=O)=C(O)[C@@]4(O)C(=O)C2=C3O)c1)C(C)C. The van der Waals surface area contributed by atoms with Crippen LogP contribution in [-0.4, -0.2) is 86.0 Å². The number of ketones is 2. The number of carbonyl (C=O) groups is 3. The van der Waals surface area contributed by atoms with Crippen LogP contribution in [-0.2, 0) is 27.3 Å². The molecule has 0 bridgehead atoms. The number of fused-ring (bicyclic) bond motifs is 3. The normalized spacial score (nSPS) is 25.4. The highest BCUT2D eigenvalue weighted by molar-refractivity contribution is 6.24. The third kappa shape index (κ3) is 4.64. The molecule has 4 atom stereocenters. The Morgan fingerprint density at radius 3 is 2.42 bits per heavy atom. The number of benzene rings is 2. The third-order valence-corrected chi connectivity index (χ3v) is 9.36. The van der Waals surface area contributed by atoms with Crippen LogP contribution in [0.15, 0.2) is 53.3 Å². The van der Waals surface area contributed by atoms with Crippen LogP contribution in [0.1, 0.15) is 43.9 Å². The lowest BCUT2D eigenvalue weighted by Crippen LogP contribution is -2.65. The Morgan fingerprint density at radius 2 is 1.81 bits per heavy atom. The van der Waals surface area contributed by atoms with Gasteiger partial charge >= 0.3 is 0 Å². The van der Waals surface area contributed by atoms with E-state index in [1.165, 1.54) is 11.0 Å². The molecule has 10 nitrogen and oxygen atoms in total. The first kappa shape index (κ1) is 30.5. The van der Waals surface area contributed by atoms with Crippen LogP contribution in [0, 0.1) is 11.8 Å². The van der Waals surface area contributed by atoms with Gasteiger partial charge in [-0.2, -0.15) is 0 Å². The predicted octanol–water partition coefficient (Wildman–Crippen LogP) is 2.86. The molecule has 43 heavy (non-hydrogen) atoms. The summed E-state index contributed by atoms with van der Waals surface area (Å²) in [5.41, 5.74) is 5.23. The van der Waals surface area contributed by atoms with E-state index >= 15 is 0 Å². The average Bonchev–Trinajstić information content (AvgIpc) is 2.93. The summed E-state index contributed by atoms with van der Waals surface area (Å²) in [5, 5.41) is 45.3. The number of rotatable bonds is 7. The smallest absolute Gasteiger partial charge is 0.255 e. The monoisotopic (exact) mass is 589 g/mol. The minimum absolute atomic E-state index is 0.0424. The second-order valence-corrected chi connectivity index (χ2v) is 12.3. The molecule has 1 saturated carbocycles. The highest BCUT2D eigenvalue weighted by Crippen LogP contribution is 2.53. The van der Waals surface area contributed by atoms with E-state index in [2.05, 4.69) is 37.8 Å². The first-order valence-corrected chi connectivity index (χ1v) is 14.6. The van der Waals surface area contributed by atoms with Crippen LogP contribution < -0.4 is 5.73 Å². The maximum absolute atomic E-state index is 14.1. The van der Waals surface area contributed by atoms with E-state index in [0.717, 1.165) is 29.8 Å². The van der Waals surface area contributed by atoms with Crippen LogP contribution in [0.5, 0.6) is 5.75 Å². The Morgan fingerprint density at radius 1 is 1.12 bits per heavy atom. The summed E-state index contributed by atoms with van der Waals surface area (Å²) in [7, 11) is 3.16. The highest BCUT2D eigenvalue weighted by Gasteiger charge is 2.64. The number of likely N-dealkylation sites (N-methyl/N-ethyl adjacent to an activating group) is 1. The molecule has 2 aromatic carbocycles. The highest BCUT2D eigenvalue weighted by atomic mass is 16.3. The number of Topliss-reactive ketones (excluding diaryl/α,β-unsaturated/α-hetero) is 2. The standard InChI is InChI=1S/C33H39N3O7/c1-6-36(16(2)3)15-17-8-7-9-18(12-17)20-10-11-23(37)25-21(20)13-19-14-22-27(35(4)5)29(39)26(32(34)42)31(41)33(22,43)30(40)24(19)28(25)38/h7-12,16,19,22,27,37-38,41,43H,6,13-15H2,1-5H3,(H2,34,42)/t19-,22-,27-,33-/m0/s1. The van der Waals surface area contributed by atoms with Gasteiger partial charge in [0.15, 0.2) is 11.4 Å². The van der Waals surface area contributed by atoms with Crippen molar-refractivity contribution in [1.82, 2.24) is 9.80 Å². The summed E-state index contributed by atoms with van der Waals surface area (Å²) in [6.07, 6.45) is 0.274. The fraction of sp³-hybridized carbons (Fsp3) is 0.424. The minimum atomic E-state index is -2.66. The summed E-state index contributed by atoms with van der Waals surface area (Å²) in [6, 6.07) is 10.5. The van der Waals surface area contributed by atoms with Gasteiger partial charge in [0.25, 0.3) is 5.91 Å². The van der Waals surface area contributed by atoms with Crippen LogP contribution in [0.3, 0.4) is 0 Å². The van der Waals surface area contributed by atoms with Crippen molar-refractivity contribution in [3.63, 3.8) is 0 Å². The summed E-state index contributed by atoms with van der Waals surface area (Å²) >= 11 is 0. The summed E-state index contributed by atoms with van der Waals surface area (Å²) < 4.78 is 0. The maximum Gasteiger partial charge on any atom is 0.255 e. The lowest BCUT2D eigenvalue weighted by molar-refractivity contribution is -0.153. The van der Waals surface area contributed by atoms with E-state index in [1.807, 2.05) is 12.1 Å². The zero-order valence-corrected chi connectivity index (χ0v) is 25.1. The zero-order valence-electron chi connectivity index (χ0n) is 25.1. The molecule has 1 fully saturated rings. The molecule has 0 unspecified atom stereocenters. The third-order valence-electron chi connectivity index (χ3n) is 9.36. The molecular formula is C33H39N3O7. The number of aliphatic hydroxyl groups excluding tert-OH is 2. The van der Waals surface area contributed by atoms with Crippen molar-refractivity contribution in [3.05, 3.63) is 70.0 Å². The number of hydrogen-bond donors (Lipinski definition) is 5. The zero-order chi connectivity index (χ0) is 31.5. The van der Waals surface area contributed by atoms with Crippen LogP contribution in [0.25, 0.3) is 16.9 Å². The lowest BCUT2D eigenvalue weighted by atomic mass is 9.57. The largest absolute Gasteiger partial charge is 0.508 e. The van der Waals surface area contributed by atoms with Gasteiger partial charge in [-0.05, 0) is 87.6 Å². The summed E-state index contributed by atoms with van der Waals surface area (Å²) in [5.74, 6) is -6.64. The van der Waals surface area contributed by atoms with Crippen LogP contribution in [0.2, 0.25) is 0 Å². The molecule has 0 heterocycles. The molecule has 3 aliphatic carbocycles. The Hall–Kier alpha value is -3.99. The van der Waals surface area contributed by atoms with Crippen molar-refractivity contribution in [2.24, 2.45) is 17.6 Å². The predicted molar refractivity (Wildman–Crippen MR) is 161 cm³/mol. The Bertz CT molecular complexity index is 1590. The van der Waals surface area contributed by atoms with Crippen molar-refractivity contribution in [1.29, 1.82) is 0 Å². The number of aliphatic hydroxyl groups is 3. The van der Waals surface area contributed by atoms with Crippen molar-refractivity contribution < 1.29 is 34.8 Å². The Balaban J connectivity index is 1.66. The molecule has 0 aromatic heterocycles. The topological polar surface area (TPSA) is 165 Å². The summed E-state index contributed by atoms with van der Waals surface area (Å²) in [4.78, 5) is 43.4. The molecule has 0 radical (unpaired) electrons. The molecule has 6 N–H and O–H groups in total. The van der Waals surface area contributed by atoms with E-state index in [0.29, 0.717) is 11.6 Å². The van der Waals surface area contributed by atoms with E-state index in [1.54, 1.807) is 20.2 Å². The number of nitrogens with two attached hydrogens (primary N) is 1. The first-order valence-electron chi connectivity index (χ1n) is 14.6. The van der Waals surface area contributed by atoms with Gasteiger partial charge in [0.1, 0.15) is 22.8 Å². The van der Waals surface area contributed by atoms with Crippen molar-refractivity contribution in [3.8, 4) is 16.9 Å². The second kappa shape index (κ2) is 10.9. The second-order valence-electron chi connectivity index (χ2n) is 12.3. The number of carbonyl (C=O) groups excluding carboxylic acids is 3. The van der Waals surface area contributed by atoms with Gasteiger partial charge in [-0.15, -0.1) is 0 Å². The van der Waals surface area contributed by atoms with E-state index in [9.17, 15) is 34.8 Å². The number of primary amides is 1. The van der Waals surface area contributed by atoms with Crippen LogP contribution in [0.4, 0.5) is 0 Å². The molecule has 0 spiro atoms. The van der Waals surface area contributed by atoms with Gasteiger partial charge in [-0.25, -0.2) is 0 Å². The number of aromatic hydroxyl groups is 1. The quantitative estimate of drug-likeness (QED) is 0.306. The summed E-state index contributed by atoms with van der Waals surface area (Å²) in [6.45, 7) is 8.05. The number of nitrogens with zero attached hydrogens (tertiary/aromatic N) is 2. The van der Waals surface area contributed by atoms with Crippen molar-refractivity contribution in [2.45, 2.75) is 57.8 Å². The lowest BCUT2D eigenvalue weighted by Gasteiger charge is -2.50. The minimum Gasteiger partial charge on any atom is -0.508 e. The molecule has 0 saturated heterocycles. The number of phenols is 1. The van der Waals surface area contributed by atoms with E-state index in [4.69, 9.17) is 5.73 Å². The van der Waals surface area contributed by atoms with Gasteiger partial charge in [-0.3, -0.25) is 24.2 Å². The van der Waals surface area contributed by atoms with Gasteiger partial charge < -0.3 is 26.2 Å². The van der Waals surface area contributed by atoms with Gasteiger partial charge in [-0.1, -0.05) is 31.2 Å². The average molecular weight is 590 g/mol. The molecule has 3 aliphatic rings. The van der Waals surface area contributed by atoms with Crippen molar-refractivity contribution in [2.75, 3.05) is 20.6 Å². The molecule has 2 aromatic rings. The number of hydrogen-bond acceptors (Lipinski definition) is 9. The fourth-order valence-electron chi connectivity index (χ4n) is 7.25. The molecule has 1 amide bonds. The molecule has 0 aliphatic heterocycles. The van der Waals surface area contributed by atoms with Gasteiger partial charge in [0.05, 0.1) is 11.6 Å². The number of amides is 1. The fourth-order valence-corrected chi connectivity index (χ4v) is 7.25. The first-order chi connectivity index (χ1) is 20.2. The van der Waals surface area contributed by atoms with E-state index in [-0.39, 0.29) is 29.7 Å². The van der Waals surface area contributed by atoms with Crippen LogP contribution >= 0.6 is 0 Å². The maximum atomic E-state index is 14.1. The van der Waals surface area contributed by atoms with Gasteiger partial charge in [0.2, 0.25) is 5.78 Å². The number of phenolic OH excluding ortho intramolecular Hbond substituents is 1. The Labute approximate surface area is 250 Å². The molecule has 5 rings (SSSR count). The van der Waals surface area contributed by atoms with Gasteiger partial charge in [0, 0.05) is 24.1 Å². The molecular weight excluding hydrogens is 550 g/mol. The molecule has 228 valence electrons. The van der Waals surface area contributed by atoms with Crippen molar-refractivity contribution >= 4 is 23.2 Å². The Kier molecular flexibility index (Phi) is 7.75.